The van der Waals surface area contributed by atoms with Gasteiger partial charge < -0.3 is 15.2 Å². The van der Waals surface area contributed by atoms with Crippen molar-refractivity contribution in [3.8, 4) is 5.75 Å². The number of hydrogen-bond acceptors (Lipinski definition) is 4. The van der Waals surface area contributed by atoms with E-state index in [1.54, 1.807) is 38.4 Å². The minimum Gasteiger partial charge on any atom is -0.497 e. The Kier molecular flexibility index (Phi) is 4.27. The maximum absolute atomic E-state index is 11.6. The maximum Gasteiger partial charge on any atom is 0.192 e. The van der Waals surface area contributed by atoms with E-state index in [1.807, 2.05) is 0 Å². The van der Waals surface area contributed by atoms with Gasteiger partial charge in [-0.3, -0.25) is 4.79 Å². The summed E-state index contributed by atoms with van der Waals surface area (Å²) in [5, 5.41) is 12.2. The van der Waals surface area contributed by atoms with Crippen molar-refractivity contribution in [3.05, 3.63) is 29.8 Å². The van der Waals surface area contributed by atoms with Crippen LogP contribution in [-0.2, 0) is 0 Å². The molecular formula is C11H15NO3. The number of benzene rings is 1. The first-order chi connectivity index (χ1) is 7.19. The molecule has 15 heavy (non-hydrogen) atoms. The summed E-state index contributed by atoms with van der Waals surface area (Å²) in [6, 6.07) is 6.67. The van der Waals surface area contributed by atoms with E-state index < -0.39 is 6.10 Å². The van der Waals surface area contributed by atoms with E-state index in [1.165, 1.54) is 0 Å². The topological polar surface area (TPSA) is 58.6 Å². The van der Waals surface area contributed by atoms with Crippen LogP contribution in [0.3, 0.4) is 0 Å². The van der Waals surface area contributed by atoms with Crippen molar-refractivity contribution < 1.29 is 14.6 Å². The Hall–Kier alpha value is -1.39. The highest BCUT2D eigenvalue weighted by molar-refractivity contribution is 5.99. The van der Waals surface area contributed by atoms with E-state index >= 15 is 0 Å². The molecule has 1 atom stereocenters. The molecule has 1 aromatic rings. The number of ether oxygens (including phenoxy) is 1. The first kappa shape index (κ1) is 11.7. The standard InChI is InChI=1S/C11H15NO3/c1-12-7-10(13)11(14)8-3-5-9(15-2)6-4-8/h3-6,10,12-13H,7H2,1-2H3. The van der Waals surface area contributed by atoms with Gasteiger partial charge in [0, 0.05) is 12.1 Å². The van der Waals surface area contributed by atoms with Gasteiger partial charge in [-0.25, -0.2) is 0 Å². The number of nitrogens with one attached hydrogen (secondary N) is 1. The molecule has 1 aromatic carbocycles. The second kappa shape index (κ2) is 5.48. The molecule has 0 aliphatic heterocycles. The summed E-state index contributed by atoms with van der Waals surface area (Å²) in [5.41, 5.74) is 0.485. The first-order valence-corrected chi connectivity index (χ1v) is 4.70. The molecular weight excluding hydrogens is 194 g/mol. The molecule has 0 saturated heterocycles. The summed E-state index contributed by atoms with van der Waals surface area (Å²) in [6.07, 6.45) is -0.997. The summed E-state index contributed by atoms with van der Waals surface area (Å²) in [7, 11) is 3.25. The van der Waals surface area contributed by atoms with Gasteiger partial charge in [0.2, 0.25) is 0 Å². The Morgan fingerprint density at radius 2 is 2.07 bits per heavy atom. The van der Waals surface area contributed by atoms with Gasteiger partial charge in [0.25, 0.3) is 0 Å². The highest BCUT2D eigenvalue weighted by atomic mass is 16.5. The largest absolute Gasteiger partial charge is 0.497 e. The van der Waals surface area contributed by atoms with Crippen LogP contribution in [0.4, 0.5) is 0 Å². The van der Waals surface area contributed by atoms with Gasteiger partial charge in [0.05, 0.1) is 7.11 Å². The summed E-state index contributed by atoms with van der Waals surface area (Å²) < 4.78 is 4.97. The molecule has 0 spiro atoms. The SMILES string of the molecule is CNCC(O)C(=O)c1ccc(OC)cc1. The summed E-state index contributed by atoms with van der Waals surface area (Å²) >= 11 is 0. The maximum atomic E-state index is 11.6. The second-order valence-electron chi connectivity index (χ2n) is 3.17. The number of aliphatic hydroxyl groups excluding tert-OH is 1. The zero-order valence-electron chi connectivity index (χ0n) is 8.86. The van der Waals surface area contributed by atoms with E-state index in [2.05, 4.69) is 5.32 Å². The molecule has 1 rings (SSSR count). The molecule has 4 nitrogen and oxygen atoms in total. The zero-order valence-corrected chi connectivity index (χ0v) is 8.86. The predicted octanol–water partition coefficient (Wildman–Crippen LogP) is 0.458. The summed E-state index contributed by atoms with van der Waals surface area (Å²) in [6.45, 7) is 0.255. The molecule has 0 bridgehead atoms. The molecule has 1 unspecified atom stereocenters. The molecule has 0 aliphatic rings. The molecule has 82 valence electrons. The molecule has 0 fully saturated rings. The van der Waals surface area contributed by atoms with E-state index in [0.29, 0.717) is 11.3 Å². The molecule has 0 aromatic heterocycles. The third kappa shape index (κ3) is 3.04. The first-order valence-electron chi connectivity index (χ1n) is 4.70. The van der Waals surface area contributed by atoms with Crippen molar-refractivity contribution >= 4 is 5.78 Å². The van der Waals surface area contributed by atoms with Gasteiger partial charge >= 0.3 is 0 Å². The van der Waals surface area contributed by atoms with Crippen LogP contribution in [0.1, 0.15) is 10.4 Å². The normalized spacial score (nSPS) is 12.2. The number of Topliss-reactive ketones (excluding diaryl/α,β-unsaturated/α-hetero) is 1. The Morgan fingerprint density at radius 1 is 1.47 bits per heavy atom. The molecule has 0 saturated carbocycles. The Balaban J connectivity index is 2.73. The van der Waals surface area contributed by atoms with E-state index in [4.69, 9.17) is 4.74 Å². The van der Waals surface area contributed by atoms with Crippen molar-refractivity contribution in [2.75, 3.05) is 20.7 Å². The van der Waals surface area contributed by atoms with Gasteiger partial charge in [-0.05, 0) is 31.3 Å². The fourth-order valence-electron chi connectivity index (χ4n) is 1.23. The molecule has 0 radical (unpaired) electrons. The van der Waals surface area contributed by atoms with Crippen LogP contribution in [0.5, 0.6) is 5.75 Å². The molecule has 2 N–H and O–H groups in total. The van der Waals surface area contributed by atoms with Gasteiger partial charge in [-0.2, -0.15) is 0 Å². The Labute approximate surface area is 88.9 Å². The van der Waals surface area contributed by atoms with Crippen LogP contribution in [0, 0.1) is 0 Å². The van der Waals surface area contributed by atoms with Gasteiger partial charge in [0.15, 0.2) is 5.78 Å². The lowest BCUT2D eigenvalue weighted by Crippen LogP contribution is -2.31. The fraction of sp³-hybridized carbons (Fsp3) is 0.364. The average Bonchev–Trinajstić information content (AvgIpc) is 2.28. The summed E-state index contributed by atoms with van der Waals surface area (Å²) in [5.74, 6) is 0.404. The van der Waals surface area contributed by atoms with Gasteiger partial charge in [-0.1, -0.05) is 0 Å². The molecule has 0 amide bonds. The zero-order chi connectivity index (χ0) is 11.3. The van der Waals surface area contributed by atoms with E-state index in [0.717, 1.165) is 0 Å². The predicted molar refractivity (Wildman–Crippen MR) is 57.3 cm³/mol. The lowest BCUT2D eigenvalue weighted by atomic mass is 10.1. The average molecular weight is 209 g/mol. The molecule has 0 heterocycles. The highest BCUT2D eigenvalue weighted by Crippen LogP contribution is 2.12. The third-order valence-corrected chi connectivity index (χ3v) is 2.07. The third-order valence-electron chi connectivity index (χ3n) is 2.07. The molecule has 0 aliphatic carbocycles. The Morgan fingerprint density at radius 3 is 2.53 bits per heavy atom. The van der Waals surface area contributed by atoms with Crippen LogP contribution in [0.15, 0.2) is 24.3 Å². The van der Waals surface area contributed by atoms with Crippen LogP contribution >= 0.6 is 0 Å². The highest BCUT2D eigenvalue weighted by Gasteiger charge is 2.15. The van der Waals surface area contributed by atoms with Gasteiger partial charge in [-0.15, -0.1) is 0 Å². The van der Waals surface area contributed by atoms with Crippen LogP contribution in [0.25, 0.3) is 0 Å². The number of ketones is 1. The number of aliphatic hydroxyl groups is 1. The number of carbonyl (C=O) groups excluding carboxylic acids is 1. The second-order valence-corrected chi connectivity index (χ2v) is 3.17. The quantitative estimate of drug-likeness (QED) is 0.692. The van der Waals surface area contributed by atoms with Crippen molar-refractivity contribution in [1.29, 1.82) is 0 Å². The van der Waals surface area contributed by atoms with Crippen LogP contribution < -0.4 is 10.1 Å². The lowest BCUT2D eigenvalue weighted by molar-refractivity contribution is 0.0750. The minimum absolute atomic E-state index is 0.255. The number of hydrogen-bond donors (Lipinski definition) is 2. The smallest absolute Gasteiger partial charge is 0.192 e. The number of rotatable bonds is 5. The van der Waals surface area contributed by atoms with Crippen molar-refractivity contribution in [3.63, 3.8) is 0 Å². The van der Waals surface area contributed by atoms with E-state index in [9.17, 15) is 9.90 Å². The van der Waals surface area contributed by atoms with Crippen molar-refractivity contribution in [1.82, 2.24) is 5.32 Å². The van der Waals surface area contributed by atoms with Crippen LogP contribution in [-0.4, -0.2) is 37.7 Å². The monoisotopic (exact) mass is 209 g/mol. The van der Waals surface area contributed by atoms with Crippen LogP contribution in [0.2, 0.25) is 0 Å². The van der Waals surface area contributed by atoms with E-state index in [-0.39, 0.29) is 12.3 Å². The number of methoxy groups -OCH3 is 1. The fourth-order valence-corrected chi connectivity index (χ4v) is 1.23. The van der Waals surface area contributed by atoms with Crippen molar-refractivity contribution in [2.24, 2.45) is 0 Å². The lowest BCUT2D eigenvalue weighted by Gasteiger charge is -2.08. The van der Waals surface area contributed by atoms with Crippen molar-refractivity contribution in [2.45, 2.75) is 6.10 Å². The van der Waals surface area contributed by atoms with Gasteiger partial charge in [0.1, 0.15) is 11.9 Å². The minimum atomic E-state index is -0.997. The number of carbonyl (C=O) groups is 1. The summed E-state index contributed by atoms with van der Waals surface area (Å²) in [4.78, 5) is 11.6. The molecule has 4 heteroatoms. The number of likely N-dealkylation sites (N-methyl/N-ethyl adjacent to an activating group) is 1. The Bertz CT molecular complexity index is 321.